The average Bonchev–Trinajstić information content (AvgIpc) is 3.89. The molecule has 4 aliphatic heterocycles. The number of nitrogens with one attached hydrogen (secondary N) is 2. The Bertz CT molecular complexity index is 2400. The highest BCUT2D eigenvalue weighted by molar-refractivity contribution is 7.22. The SMILES string of the molecule is CC(C)Oc1cc2nc(N3CCN(CC4CCN(c5cc6c(cc5F)CN(C5CCC(=O)NC5=O)C6=O)CC4)CC3)sc2cc1C(=O)Nc1cnn2cccnc12. The van der Waals surface area contributed by atoms with E-state index in [4.69, 9.17) is 9.72 Å². The van der Waals surface area contributed by atoms with E-state index in [1.165, 1.54) is 11.0 Å². The third-order valence-electron chi connectivity index (χ3n) is 11.3. The first-order valence-electron chi connectivity index (χ1n) is 19.5. The van der Waals surface area contributed by atoms with Crippen molar-refractivity contribution in [2.75, 3.05) is 60.9 Å². The highest BCUT2D eigenvalue weighted by Gasteiger charge is 2.40. The third-order valence-corrected chi connectivity index (χ3v) is 12.4. The number of hydrogen-bond acceptors (Lipinski definition) is 12. The molecule has 17 heteroatoms. The molecular formula is C40H43FN10O5S. The van der Waals surface area contributed by atoms with Gasteiger partial charge in [0.25, 0.3) is 11.8 Å². The molecule has 15 nitrogen and oxygen atoms in total. The fraction of sp³-hybridized carbons (Fsp3) is 0.425. The number of aromatic nitrogens is 4. The van der Waals surface area contributed by atoms with Crippen LogP contribution in [0.5, 0.6) is 5.75 Å². The Morgan fingerprint density at radius 2 is 1.84 bits per heavy atom. The number of carbonyl (C=O) groups is 4. The number of amides is 4. The molecule has 3 fully saturated rings. The minimum absolute atomic E-state index is 0.142. The first-order chi connectivity index (χ1) is 27.6. The first kappa shape index (κ1) is 36.9. The summed E-state index contributed by atoms with van der Waals surface area (Å²) in [6, 6.07) is 7.83. The van der Waals surface area contributed by atoms with E-state index in [2.05, 4.69) is 30.5 Å². The molecule has 0 spiro atoms. The number of ether oxygens (including phenoxy) is 1. The van der Waals surface area contributed by atoms with E-state index in [-0.39, 0.29) is 49.0 Å². The van der Waals surface area contributed by atoms with Crippen molar-refractivity contribution in [2.24, 2.45) is 5.92 Å². The molecule has 0 radical (unpaired) electrons. The maximum absolute atomic E-state index is 15.5. The van der Waals surface area contributed by atoms with Crippen molar-refractivity contribution in [3.05, 3.63) is 71.4 Å². The fourth-order valence-electron chi connectivity index (χ4n) is 8.37. The largest absolute Gasteiger partial charge is 0.490 e. The molecule has 3 aromatic heterocycles. The van der Waals surface area contributed by atoms with Crippen LogP contribution in [0, 0.1) is 11.7 Å². The number of rotatable bonds is 9. The maximum atomic E-state index is 15.5. The molecule has 4 aliphatic rings. The van der Waals surface area contributed by atoms with Crippen molar-refractivity contribution in [2.45, 2.75) is 58.2 Å². The number of imide groups is 1. The molecule has 0 saturated carbocycles. The Labute approximate surface area is 331 Å². The van der Waals surface area contributed by atoms with Crippen LogP contribution in [0.15, 0.2) is 48.9 Å². The van der Waals surface area contributed by atoms with Gasteiger partial charge in [-0.25, -0.2) is 18.9 Å². The van der Waals surface area contributed by atoms with Crippen molar-refractivity contribution in [3.63, 3.8) is 0 Å². The molecule has 0 aliphatic carbocycles. The van der Waals surface area contributed by atoms with Crippen molar-refractivity contribution in [1.29, 1.82) is 0 Å². The van der Waals surface area contributed by atoms with Crippen LogP contribution in [-0.4, -0.2) is 111 Å². The Morgan fingerprint density at radius 1 is 1.04 bits per heavy atom. The maximum Gasteiger partial charge on any atom is 0.259 e. The second kappa shape index (κ2) is 15.0. The molecule has 9 rings (SSSR count). The smallest absolute Gasteiger partial charge is 0.259 e. The number of anilines is 3. The zero-order valence-electron chi connectivity index (χ0n) is 31.7. The molecule has 3 saturated heterocycles. The number of piperidine rings is 2. The Balaban J connectivity index is 0.802. The van der Waals surface area contributed by atoms with Gasteiger partial charge in [0.2, 0.25) is 11.8 Å². The van der Waals surface area contributed by atoms with Crippen molar-refractivity contribution in [1.82, 2.24) is 34.7 Å². The van der Waals surface area contributed by atoms with Gasteiger partial charge >= 0.3 is 0 Å². The van der Waals surface area contributed by atoms with Crippen molar-refractivity contribution < 1.29 is 28.3 Å². The molecule has 1 atom stereocenters. The zero-order chi connectivity index (χ0) is 39.4. The second-order valence-corrected chi connectivity index (χ2v) is 16.5. The van der Waals surface area contributed by atoms with Gasteiger partial charge in [-0.2, -0.15) is 5.10 Å². The Hall–Kier alpha value is -5.68. The van der Waals surface area contributed by atoms with Gasteiger partial charge in [-0.15, -0.1) is 0 Å². The lowest BCUT2D eigenvalue weighted by Crippen LogP contribution is -2.52. The van der Waals surface area contributed by atoms with Crippen LogP contribution < -0.4 is 25.2 Å². The second-order valence-electron chi connectivity index (χ2n) is 15.5. The number of hydrogen-bond donors (Lipinski definition) is 2. The van der Waals surface area contributed by atoms with Gasteiger partial charge < -0.3 is 24.8 Å². The predicted molar refractivity (Wildman–Crippen MR) is 212 cm³/mol. The number of nitrogens with zero attached hydrogens (tertiary/aromatic N) is 8. The van der Waals surface area contributed by atoms with Crippen molar-refractivity contribution >= 4 is 67.3 Å². The normalized spacial score (nSPS) is 19.5. The van der Waals surface area contributed by atoms with Crippen LogP contribution >= 0.6 is 11.3 Å². The van der Waals surface area contributed by atoms with Crippen LogP contribution in [0.25, 0.3) is 15.9 Å². The predicted octanol–water partition coefficient (Wildman–Crippen LogP) is 4.32. The minimum atomic E-state index is -0.729. The lowest BCUT2D eigenvalue weighted by atomic mass is 9.95. The molecule has 296 valence electrons. The van der Waals surface area contributed by atoms with Gasteiger partial charge in [0, 0.05) is 82.8 Å². The van der Waals surface area contributed by atoms with Gasteiger partial charge in [-0.3, -0.25) is 29.4 Å². The number of benzene rings is 2. The molecule has 0 bridgehead atoms. The van der Waals surface area contributed by atoms with Crippen LogP contribution in [0.3, 0.4) is 0 Å². The van der Waals surface area contributed by atoms with Gasteiger partial charge in [-0.05, 0) is 68.9 Å². The van der Waals surface area contributed by atoms with Gasteiger partial charge in [0.05, 0.1) is 33.8 Å². The summed E-state index contributed by atoms with van der Waals surface area (Å²) < 4.78 is 24.1. The summed E-state index contributed by atoms with van der Waals surface area (Å²) in [5, 5.41) is 10.5. The topological polar surface area (TPSA) is 158 Å². The fourth-order valence-corrected chi connectivity index (χ4v) is 9.41. The lowest BCUT2D eigenvalue weighted by Gasteiger charge is -2.39. The van der Waals surface area contributed by atoms with E-state index in [0.717, 1.165) is 60.9 Å². The summed E-state index contributed by atoms with van der Waals surface area (Å²) in [5.41, 5.74) is 3.69. The van der Waals surface area contributed by atoms with Crippen LogP contribution in [0.2, 0.25) is 0 Å². The molecule has 7 heterocycles. The summed E-state index contributed by atoms with van der Waals surface area (Å²) in [4.78, 5) is 68.6. The Morgan fingerprint density at radius 3 is 2.61 bits per heavy atom. The summed E-state index contributed by atoms with van der Waals surface area (Å²) >= 11 is 1.57. The first-order valence-corrected chi connectivity index (χ1v) is 20.3. The van der Waals surface area contributed by atoms with E-state index >= 15 is 4.39 Å². The number of fused-ring (bicyclic) bond motifs is 3. The average molecular weight is 795 g/mol. The monoisotopic (exact) mass is 794 g/mol. The molecule has 2 N–H and O–H groups in total. The third kappa shape index (κ3) is 7.25. The molecular weight excluding hydrogens is 752 g/mol. The van der Waals surface area contributed by atoms with Crippen LogP contribution in [-0.2, 0) is 16.1 Å². The number of thiazole rings is 1. The quantitative estimate of drug-likeness (QED) is 0.205. The zero-order valence-corrected chi connectivity index (χ0v) is 32.6. The number of piperazine rings is 1. The molecule has 5 aromatic rings. The minimum Gasteiger partial charge on any atom is -0.490 e. The van der Waals surface area contributed by atoms with Crippen LogP contribution in [0.1, 0.15) is 65.8 Å². The standard InChI is InChI=1S/C40H43FN10O5S/c1-23(2)56-33-19-29-34(18-27(33)37(53)44-30-20-43-51-9-3-8-42-36(30)51)57-40(45-29)49-14-12-47(13-15-49)21-24-6-10-48(11-7-24)32-17-26-25(16-28(32)41)22-50(39(26)55)31-4-5-35(52)46-38(31)54/h3,8-9,16-20,23-24,31H,4-7,10-15,21-22H2,1-2H3,(H,44,53)(H,46,52,54). The van der Waals surface area contributed by atoms with E-state index in [0.29, 0.717) is 58.5 Å². The lowest BCUT2D eigenvalue weighted by molar-refractivity contribution is -0.136. The summed E-state index contributed by atoms with van der Waals surface area (Å²) in [6.45, 7) is 9.79. The summed E-state index contributed by atoms with van der Waals surface area (Å²) in [7, 11) is 0. The highest BCUT2D eigenvalue weighted by Crippen LogP contribution is 2.37. The molecule has 2 aromatic carbocycles. The summed E-state index contributed by atoms with van der Waals surface area (Å²) in [5.74, 6) is -0.843. The van der Waals surface area contributed by atoms with E-state index < -0.39 is 11.9 Å². The van der Waals surface area contributed by atoms with Gasteiger partial charge in [0.15, 0.2) is 10.8 Å². The van der Waals surface area contributed by atoms with Crippen molar-refractivity contribution in [3.8, 4) is 5.75 Å². The van der Waals surface area contributed by atoms with Gasteiger partial charge in [-0.1, -0.05) is 11.3 Å². The van der Waals surface area contributed by atoms with E-state index in [1.807, 2.05) is 30.9 Å². The van der Waals surface area contributed by atoms with E-state index in [9.17, 15) is 19.2 Å². The number of halogens is 1. The molecule has 4 amide bonds. The van der Waals surface area contributed by atoms with Gasteiger partial charge in [0.1, 0.15) is 23.3 Å². The Kier molecular flexibility index (Phi) is 9.72. The van der Waals surface area contributed by atoms with Crippen LogP contribution in [0.4, 0.5) is 20.9 Å². The highest BCUT2D eigenvalue weighted by atomic mass is 32.1. The molecule has 1 unspecified atom stereocenters. The van der Waals surface area contributed by atoms with E-state index in [1.54, 1.807) is 46.6 Å². The number of carbonyl (C=O) groups excluding carboxylic acids is 4. The molecule has 57 heavy (non-hydrogen) atoms. The summed E-state index contributed by atoms with van der Waals surface area (Å²) in [6.07, 6.45) is 7.14.